The summed E-state index contributed by atoms with van der Waals surface area (Å²) in [6, 6.07) is 22.5. The minimum absolute atomic E-state index is 0.205. The van der Waals surface area contributed by atoms with Gasteiger partial charge in [0.15, 0.2) is 0 Å². The van der Waals surface area contributed by atoms with E-state index < -0.39 is 5.97 Å². The van der Waals surface area contributed by atoms with Crippen molar-refractivity contribution >= 4 is 57.6 Å². The highest BCUT2D eigenvalue weighted by molar-refractivity contribution is 6.39. The molecule has 1 amide bonds. The summed E-state index contributed by atoms with van der Waals surface area (Å²) in [5.41, 5.74) is 3.49. The largest absolute Gasteiger partial charge is 0.461 e. The number of carbonyl (C=O) groups excluding carboxylic acids is 2. The molecule has 0 aliphatic carbocycles. The highest BCUT2D eigenvalue weighted by atomic mass is 35.5. The number of ether oxygens (including phenoxy) is 1. The molecule has 0 saturated carbocycles. The van der Waals surface area contributed by atoms with Gasteiger partial charge in [-0.15, -0.1) is 0 Å². The Hall–Kier alpha value is -3.54. The normalized spacial score (nSPS) is 11.5. The lowest BCUT2D eigenvalue weighted by Crippen LogP contribution is -2.26. The van der Waals surface area contributed by atoms with Gasteiger partial charge in [0.25, 0.3) is 5.91 Å². The summed E-state index contributed by atoms with van der Waals surface area (Å²) in [5.74, 6) is -0.805. The van der Waals surface area contributed by atoms with Gasteiger partial charge in [0, 0.05) is 33.6 Å². The first-order valence-electron chi connectivity index (χ1n) is 11.2. The van der Waals surface area contributed by atoms with E-state index in [0.29, 0.717) is 50.6 Å². The second kappa shape index (κ2) is 11.3. The standard InChI is InChI=1S/C28H24Cl2N2O3/c1-2-35-28(34)26-22(25-23(30)15-20(29)16-24(25)32-26)17-21(19-11-7-4-8-12-19)27(33)31-14-13-18-9-5-3-6-10-18/h3-12,15-17,32H,2,13-14H2,1H3,(H,31,33). The molecule has 2 N–H and O–H groups in total. The molecule has 0 bridgehead atoms. The van der Waals surface area contributed by atoms with Crippen molar-refractivity contribution in [1.82, 2.24) is 10.3 Å². The van der Waals surface area contributed by atoms with Crippen molar-refractivity contribution in [2.75, 3.05) is 13.2 Å². The third-order valence-corrected chi connectivity index (χ3v) is 6.01. The Kier molecular flexibility index (Phi) is 7.91. The Labute approximate surface area is 213 Å². The fourth-order valence-electron chi connectivity index (χ4n) is 3.88. The van der Waals surface area contributed by atoms with Crippen LogP contribution in [0.15, 0.2) is 72.8 Å². The quantitative estimate of drug-likeness (QED) is 0.210. The van der Waals surface area contributed by atoms with Gasteiger partial charge in [-0.3, -0.25) is 4.79 Å². The van der Waals surface area contributed by atoms with Gasteiger partial charge in [-0.1, -0.05) is 83.9 Å². The molecule has 0 spiro atoms. The molecule has 1 aromatic heterocycles. The average Bonchev–Trinajstić information content (AvgIpc) is 3.22. The summed E-state index contributed by atoms with van der Waals surface area (Å²) in [6.45, 7) is 2.40. The number of benzene rings is 3. The summed E-state index contributed by atoms with van der Waals surface area (Å²) in [7, 11) is 0. The van der Waals surface area contributed by atoms with Crippen molar-refractivity contribution in [3.05, 3.63) is 105 Å². The molecule has 0 aliphatic heterocycles. The van der Waals surface area contributed by atoms with Gasteiger partial charge in [-0.05, 0) is 42.7 Å². The second-order valence-corrected chi connectivity index (χ2v) is 8.70. The number of esters is 1. The fraction of sp³-hybridized carbons (Fsp3) is 0.143. The molecule has 4 rings (SSSR count). The zero-order valence-corrected chi connectivity index (χ0v) is 20.6. The van der Waals surface area contributed by atoms with Crippen LogP contribution < -0.4 is 5.32 Å². The summed E-state index contributed by atoms with van der Waals surface area (Å²) in [4.78, 5) is 29.2. The van der Waals surface area contributed by atoms with Gasteiger partial charge < -0.3 is 15.0 Å². The van der Waals surface area contributed by atoms with Crippen molar-refractivity contribution in [3.63, 3.8) is 0 Å². The van der Waals surface area contributed by atoms with Crippen molar-refractivity contribution in [1.29, 1.82) is 0 Å². The topological polar surface area (TPSA) is 71.2 Å². The molecule has 0 aliphatic rings. The van der Waals surface area contributed by atoms with E-state index in [4.69, 9.17) is 27.9 Å². The van der Waals surface area contributed by atoms with Crippen LogP contribution in [0.3, 0.4) is 0 Å². The highest BCUT2D eigenvalue weighted by Gasteiger charge is 2.22. The maximum atomic E-state index is 13.4. The maximum absolute atomic E-state index is 13.4. The number of hydrogen-bond acceptors (Lipinski definition) is 3. The smallest absolute Gasteiger partial charge is 0.355 e. The van der Waals surface area contributed by atoms with Crippen molar-refractivity contribution in [2.45, 2.75) is 13.3 Å². The molecule has 5 nitrogen and oxygen atoms in total. The summed E-state index contributed by atoms with van der Waals surface area (Å²) in [6.07, 6.45) is 2.37. The number of nitrogens with one attached hydrogen (secondary N) is 2. The van der Waals surface area contributed by atoms with Crippen LogP contribution in [0, 0.1) is 0 Å². The zero-order valence-electron chi connectivity index (χ0n) is 19.1. The Balaban J connectivity index is 1.78. The molecule has 0 radical (unpaired) electrons. The van der Waals surface area contributed by atoms with E-state index in [1.165, 1.54) is 0 Å². The first-order chi connectivity index (χ1) is 17.0. The predicted molar refractivity (Wildman–Crippen MR) is 142 cm³/mol. The number of hydrogen-bond donors (Lipinski definition) is 2. The molecular weight excluding hydrogens is 483 g/mol. The van der Waals surface area contributed by atoms with Gasteiger partial charge in [0.1, 0.15) is 5.69 Å². The van der Waals surface area contributed by atoms with E-state index in [1.807, 2.05) is 60.7 Å². The summed E-state index contributed by atoms with van der Waals surface area (Å²) >= 11 is 12.7. The Bertz CT molecular complexity index is 1380. The lowest BCUT2D eigenvalue weighted by Gasteiger charge is -2.11. The van der Waals surface area contributed by atoms with Gasteiger partial charge in [-0.25, -0.2) is 4.79 Å². The molecule has 35 heavy (non-hydrogen) atoms. The van der Waals surface area contributed by atoms with E-state index in [1.54, 1.807) is 25.1 Å². The predicted octanol–water partition coefficient (Wildman–Crippen LogP) is 6.55. The van der Waals surface area contributed by atoms with Crippen molar-refractivity contribution in [3.8, 4) is 0 Å². The number of rotatable bonds is 8. The third kappa shape index (κ3) is 5.76. The van der Waals surface area contributed by atoms with Crippen molar-refractivity contribution in [2.24, 2.45) is 0 Å². The average molecular weight is 507 g/mol. The van der Waals surface area contributed by atoms with Crippen LogP contribution in [0.2, 0.25) is 10.0 Å². The Morgan fingerprint density at radius 3 is 2.37 bits per heavy atom. The molecule has 0 atom stereocenters. The molecule has 3 aromatic carbocycles. The van der Waals surface area contributed by atoms with E-state index in [9.17, 15) is 9.59 Å². The van der Waals surface area contributed by atoms with E-state index in [-0.39, 0.29) is 18.2 Å². The lowest BCUT2D eigenvalue weighted by molar-refractivity contribution is -0.115. The molecular formula is C28H24Cl2N2O3. The van der Waals surface area contributed by atoms with E-state index in [2.05, 4.69) is 10.3 Å². The number of amides is 1. The van der Waals surface area contributed by atoms with E-state index in [0.717, 1.165) is 5.56 Å². The minimum Gasteiger partial charge on any atom is -0.461 e. The van der Waals surface area contributed by atoms with Crippen LogP contribution in [-0.4, -0.2) is 30.0 Å². The van der Waals surface area contributed by atoms with Crippen LogP contribution in [0.1, 0.15) is 34.1 Å². The molecule has 1 heterocycles. The summed E-state index contributed by atoms with van der Waals surface area (Å²) < 4.78 is 5.25. The molecule has 0 fully saturated rings. The number of aromatic nitrogens is 1. The fourth-order valence-corrected chi connectivity index (χ4v) is 4.48. The van der Waals surface area contributed by atoms with E-state index >= 15 is 0 Å². The maximum Gasteiger partial charge on any atom is 0.355 e. The molecule has 4 aromatic rings. The minimum atomic E-state index is -0.543. The van der Waals surface area contributed by atoms with Crippen LogP contribution in [0.25, 0.3) is 22.6 Å². The van der Waals surface area contributed by atoms with Gasteiger partial charge >= 0.3 is 5.97 Å². The van der Waals surface area contributed by atoms with Crippen LogP contribution in [-0.2, 0) is 16.0 Å². The number of halogens is 2. The first-order valence-corrected chi connectivity index (χ1v) is 12.0. The zero-order chi connectivity index (χ0) is 24.8. The van der Waals surface area contributed by atoms with Crippen LogP contribution >= 0.6 is 23.2 Å². The monoisotopic (exact) mass is 506 g/mol. The van der Waals surface area contributed by atoms with Gasteiger partial charge in [0.05, 0.1) is 11.6 Å². The van der Waals surface area contributed by atoms with Gasteiger partial charge in [-0.2, -0.15) is 0 Å². The van der Waals surface area contributed by atoms with Crippen LogP contribution in [0.4, 0.5) is 0 Å². The Morgan fingerprint density at radius 1 is 1.00 bits per heavy atom. The highest BCUT2D eigenvalue weighted by Crippen LogP contribution is 2.35. The molecule has 0 saturated heterocycles. The second-order valence-electron chi connectivity index (χ2n) is 7.86. The number of aromatic amines is 1. The number of H-pyrrole nitrogens is 1. The molecule has 178 valence electrons. The molecule has 0 unspecified atom stereocenters. The van der Waals surface area contributed by atoms with Gasteiger partial charge in [0.2, 0.25) is 0 Å². The summed E-state index contributed by atoms with van der Waals surface area (Å²) in [5, 5.41) is 4.38. The van der Waals surface area contributed by atoms with Crippen LogP contribution in [0.5, 0.6) is 0 Å². The SMILES string of the molecule is CCOC(=O)c1[nH]c2cc(Cl)cc(Cl)c2c1C=C(C(=O)NCCc1ccccc1)c1ccccc1. The van der Waals surface area contributed by atoms with Crippen molar-refractivity contribution < 1.29 is 14.3 Å². The number of carbonyl (C=O) groups is 2. The number of fused-ring (bicyclic) bond motifs is 1. The third-order valence-electron chi connectivity index (χ3n) is 5.49. The molecule has 7 heteroatoms. The lowest BCUT2D eigenvalue weighted by atomic mass is 10.00. The first kappa shape index (κ1) is 24.6. The Morgan fingerprint density at radius 2 is 1.69 bits per heavy atom.